The minimum Gasteiger partial charge on any atom is -0.352 e. The van der Waals surface area contributed by atoms with Crippen LogP contribution in [0.3, 0.4) is 0 Å². The second-order valence-electron chi connectivity index (χ2n) is 10.7. The molecule has 0 bridgehead atoms. The predicted molar refractivity (Wildman–Crippen MR) is 164 cm³/mol. The van der Waals surface area contributed by atoms with Crippen molar-refractivity contribution in [1.82, 2.24) is 10.2 Å². The third-order valence-electron chi connectivity index (χ3n) is 7.62. The number of hydrogen-bond donors (Lipinski definition) is 1. The zero-order valence-electron chi connectivity index (χ0n) is 23.6. The summed E-state index contributed by atoms with van der Waals surface area (Å²) < 4.78 is 26.9. The summed E-state index contributed by atoms with van der Waals surface area (Å²) in [5.74, 6) is -0.718. The molecule has 0 radical (unpaired) electrons. The Morgan fingerprint density at radius 3 is 2.22 bits per heavy atom. The Bertz CT molecular complexity index is 1440. The largest absolute Gasteiger partial charge is 0.352 e. The fraction of sp³-hybridized carbons (Fsp3) is 0.375. The molecule has 41 heavy (non-hydrogen) atoms. The van der Waals surface area contributed by atoms with E-state index in [9.17, 15) is 18.0 Å². The van der Waals surface area contributed by atoms with Crippen molar-refractivity contribution in [2.75, 3.05) is 17.1 Å². The van der Waals surface area contributed by atoms with Crippen LogP contribution in [-0.4, -0.2) is 50.0 Å². The highest BCUT2D eigenvalue weighted by Gasteiger charge is 2.34. The van der Waals surface area contributed by atoms with Crippen molar-refractivity contribution in [3.05, 3.63) is 101 Å². The van der Waals surface area contributed by atoms with E-state index in [0.29, 0.717) is 6.42 Å². The first-order chi connectivity index (χ1) is 19.6. The number of rotatable bonds is 11. The van der Waals surface area contributed by atoms with Crippen molar-refractivity contribution in [3.8, 4) is 0 Å². The van der Waals surface area contributed by atoms with Crippen molar-refractivity contribution in [3.63, 3.8) is 0 Å². The van der Waals surface area contributed by atoms with E-state index in [2.05, 4.69) is 5.32 Å². The van der Waals surface area contributed by atoms with E-state index in [1.54, 1.807) is 24.3 Å². The summed E-state index contributed by atoms with van der Waals surface area (Å²) in [6.45, 7) is 1.62. The van der Waals surface area contributed by atoms with E-state index in [1.807, 2.05) is 61.5 Å². The van der Waals surface area contributed by atoms with Gasteiger partial charge in [-0.2, -0.15) is 0 Å². The van der Waals surface area contributed by atoms with Gasteiger partial charge in [0.05, 0.1) is 17.0 Å². The summed E-state index contributed by atoms with van der Waals surface area (Å²) in [6.07, 6.45) is 6.42. The molecule has 1 N–H and O–H groups in total. The van der Waals surface area contributed by atoms with Crippen LogP contribution in [0.25, 0.3) is 0 Å². The van der Waals surface area contributed by atoms with E-state index in [-0.39, 0.29) is 29.2 Å². The van der Waals surface area contributed by atoms with E-state index < -0.39 is 28.5 Å². The van der Waals surface area contributed by atoms with Crippen LogP contribution in [0.15, 0.2) is 78.9 Å². The highest BCUT2D eigenvalue weighted by Crippen LogP contribution is 2.28. The van der Waals surface area contributed by atoms with Gasteiger partial charge in [0.25, 0.3) is 0 Å². The first-order valence-electron chi connectivity index (χ1n) is 14.0. The Balaban J connectivity index is 1.74. The normalized spacial score (nSPS) is 14.7. The lowest BCUT2D eigenvalue weighted by atomic mass is 9.94. The van der Waals surface area contributed by atoms with Crippen LogP contribution in [-0.2, 0) is 32.6 Å². The summed E-state index contributed by atoms with van der Waals surface area (Å²) in [5.41, 5.74) is 2.98. The zero-order valence-corrected chi connectivity index (χ0v) is 25.2. The molecule has 1 atom stereocenters. The molecule has 0 heterocycles. The Morgan fingerprint density at radius 2 is 1.56 bits per heavy atom. The lowest BCUT2D eigenvalue weighted by Gasteiger charge is -2.35. The van der Waals surface area contributed by atoms with Crippen LogP contribution in [0.2, 0.25) is 5.02 Å². The molecule has 1 saturated carbocycles. The smallest absolute Gasteiger partial charge is 0.244 e. The number of para-hydroxylation sites is 1. The highest BCUT2D eigenvalue weighted by atomic mass is 35.5. The molecule has 4 rings (SSSR count). The molecular formula is C32H38ClN3O4S. The van der Waals surface area contributed by atoms with Crippen molar-refractivity contribution in [2.45, 2.75) is 64.1 Å². The molecule has 2 amide bonds. The van der Waals surface area contributed by atoms with Gasteiger partial charge in [-0.15, -0.1) is 0 Å². The number of benzene rings is 3. The maximum atomic E-state index is 14.2. The molecule has 0 aromatic heterocycles. The number of anilines is 1. The van der Waals surface area contributed by atoms with Crippen molar-refractivity contribution >= 4 is 39.1 Å². The van der Waals surface area contributed by atoms with E-state index in [4.69, 9.17) is 11.6 Å². The average molecular weight is 596 g/mol. The number of amides is 2. The molecule has 7 nitrogen and oxygen atoms in total. The van der Waals surface area contributed by atoms with Gasteiger partial charge in [0.2, 0.25) is 21.8 Å². The number of aryl methyl sites for hydroxylation is 1. The second kappa shape index (κ2) is 14.0. The van der Waals surface area contributed by atoms with Gasteiger partial charge >= 0.3 is 0 Å². The average Bonchev–Trinajstić information content (AvgIpc) is 2.95. The summed E-state index contributed by atoms with van der Waals surface area (Å²) in [6, 6.07) is 23.0. The van der Waals surface area contributed by atoms with Gasteiger partial charge < -0.3 is 10.2 Å². The first kappa shape index (κ1) is 30.6. The molecule has 0 saturated heterocycles. The SMILES string of the molecule is Cc1ccccc1CN(C(=O)CN(c1ccccc1Cl)S(C)(=O)=O)[C@H](Cc1ccccc1)C(=O)NC1CCCCC1. The molecule has 1 fully saturated rings. The van der Waals surface area contributed by atoms with Crippen LogP contribution >= 0.6 is 11.6 Å². The zero-order chi connectivity index (χ0) is 29.4. The molecule has 3 aromatic carbocycles. The van der Waals surface area contributed by atoms with Crippen molar-refractivity contribution < 1.29 is 18.0 Å². The predicted octanol–water partition coefficient (Wildman–Crippen LogP) is 5.50. The highest BCUT2D eigenvalue weighted by molar-refractivity contribution is 7.92. The van der Waals surface area contributed by atoms with Crippen LogP contribution in [0.5, 0.6) is 0 Å². The van der Waals surface area contributed by atoms with Gasteiger partial charge in [0.15, 0.2) is 0 Å². The molecule has 3 aromatic rings. The lowest BCUT2D eigenvalue weighted by molar-refractivity contribution is -0.140. The maximum absolute atomic E-state index is 14.2. The number of carbonyl (C=O) groups is 2. The number of nitrogens with zero attached hydrogens (tertiary/aromatic N) is 2. The number of sulfonamides is 1. The summed E-state index contributed by atoms with van der Waals surface area (Å²) >= 11 is 6.37. The number of hydrogen-bond acceptors (Lipinski definition) is 4. The third-order valence-corrected chi connectivity index (χ3v) is 9.07. The molecule has 1 aliphatic carbocycles. The Hall–Kier alpha value is -3.36. The van der Waals surface area contributed by atoms with E-state index in [1.165, 1.54) is 4.90 Å². The Labute approximate surface area is 248 Å². The third kappa shape index (κ3) is 8.33. The molecule has 0 spiro atoms. The Morgan fingerprint density at radius 1 is 0.927 bits per heavy atom. The standard InChI is InChI=1S/C32H38ClN3O4S/c1-24-13-9-10-16-26(24)22-35(31(37)23-36(41(2,39)40)29-20-12-11-19-28(29)33)30(21-25-14-5-3-6-15-25)32(38)34-27-17-7-4-8-18-27/h3,5-6,9-16,19-20,27,30H,4,7-8,17-18,21-23H2,1-2H3,(H,34,38)/t30-/m1/s1. The van der Waals surface area contributed by atoms with Gasteiger partial charge in [0, 0.05) is 19.0 Å². The monoisotopic (exact) mass is 595 g/mol. The Kier molecular flexibility index (Phi) is 10.5. The van der Waals surface area contributed by atoms with Gasteiger partial charge in [0.1, 0.15) is 12.6 Å². The topological polar surface area (TPSA) is 86.8 Å². The molecule has 218 valence electrons. The first-order valence-corrected chi connectivity index (χ1v) is 16.3. The molecular weight excluding hydrogens is 558 g/mol. The number of carbonyl (C=O) groups excluding carboxylic acids is 2. The van der Waals surface area contributed by atoms with Crippen LogP contribution in [0.1, 0.15) is 48.8 Å². The van der Waals surface area contributed by atoms with Gasteiger partial charge in [-0.1, -0.05) is 97.6 Å². The molecule has 9 heteroatoms. The van der Waals surface area contributed by atoms with Gasteiger partial charge in [-0.05, 0) is 48.6 Å². The minimum atomic E-state index is -3.88. The van der Waals surface area contributed by atoms with E-state index in [0.717, 1.165) is 59.4 Å². The summed E-state index contributed by atoms with van der Waals surface area (Å²) in [5, 5.41) is 3.43. The number of halogens is 1. The fourth-order valence-electron chi connectivity index (χ4n) is 5.32. The van der Waals surface area contributed by atoms with Crippen molar-refractivity contribution in [1.29, 1.82) is 0 Å². The molecule has 1 aliphatic rings. The van der Waals surface area contributed by atoms with Gasteiger partial charge in [-0.3, -0.25) is 13.9 Å². The minimum absolute atomic E-state index is 0.0561. The molecule has 0 unspecified atom stereocenters. The summed E-state index contributed by atoms with van der Waals surface area (Å²) in [4.78, 5) is 29.7. The second-order valence-corrected chi connectivity index (χ2v) is 13.0. The van der Waals surface area contributed by atoms with Crippen LogP contribution in [0.4, 0.5) is 5.69 Å². The van der Waals surface area contributed by atoms with Gasteiger partial charge in [-0.25, -0.2) is 8.42 Å². The van der Waals surface area contributed by atoms with E-state index >= 15 is 0 Å². The van der Waals surface area contributed by atoms with Crippen molar-refractivity contribution in [2.24, 2.45) is 0 Å². The lowest BCUT2D eigenvalue weighted by Crippen LogP contribution is -2.55. The maximum Gasteiger partial charge on any atom is 0.244 e. The number of nitrogens with one attached hydrogen (secondary N) is 1. The quantitative estimate of drug-likeness (QED) is 0.317. The molecule has 0 aliphatic heterocycles. The van der Waals surface area contributed by atoms with Crippen LogP contribution in [0, 0.1) is 6.92 Å². The van der Waals surface area contributed by atoms with Crippen LogP contribution < -0.4 is 9.62 Å². The fourth-order valence-corrected chi connectivity index (χ4v) is 6.47. The summed E-state index contributed by atoms with van der Waals surface area (Å²) in [7, 11) is -3.88.